The molecule has 0 aliphatic carbocycles. The van der Waals surface area contributed by atoms with Crippen molar-refractivity contribution < 1.29 is 9.53 Å². The van der Waals surface area contributed by atoms with E-state index in [0.717, 1.165) is 49.5 Å². The van der Waals surface area contributed by atoms with E-state index >= 15 is 0 Å². The number of hydrogen-bond donors (Lipinski definition) is 1. The SMILES string of the molecule is CC1(C)COc2c(C(=O)N[C@@H]3CCCN(Cc4ccccn4)C3)cccc21. The number of benzene rings is 1. The Morgan fingerprint density at radius 2 is 2.19 bits per heavy atom. The first kappa shape index (κ1) is 18.0. The van der Waals surface area contributed by atoms with E-state index in [4.69, 9.17) is 4.74 Å². The van der Waals surface area contributed by atoms with Crippen LogP contribution in [0.4, 0.5) is 0 Å². The Hall–Kier alpha value is -2.40. The lowest BCUT2D eigenvalue weighted by Crippen LogP contribution is -2.47. The van der Waals surface area contributed by atoms with Crippen LogP contribution in [0.25, 0.3) is 0 Å². The summed E-state index contributed by atoms with van der Waals surface area (Å²) in [5, 5.41) is 3.23. The maximum absolute atomic E-state index is 12.9. The van der Waals surface area contributed by atoms with Crippen LogP contribution < -0.4 is 10.1 Å². The molecule has 4 rings (SSSR count). The van der Waals surface area contributed by atoms with Crippen LogP contribution in [0.2, 0.25) is 0 Å². The summed E-state index contributed by atoms with van der Waals surface area (Å²) in [6, 6.07) is 12.0. The van der Waals surface area contributed by atoms with Crippen molar-refractivity contribution in [2.24, 2.45) is 0 Å². The normalized spacial score (nSPS) is 21.3. The summed E-state index contributed by atoms with van der Waals surface area (Å²) in [6.07, 6.45) is 3.91. The van der Waals surface area contributed by atoms with E-state index in [0.29, 0.717) is 12.2 Å². The number of ether oxygens (including phenoxy) is 1. The molecule has 1 fully saturated rings. The average Bonchev–Trinajstić information content (AvgIpc) is 2.98. The predicted octanol–water partition coefficient (Wildman–Crippen LogP) is 3.15. The summed E-state index contributed by atoms with van der Waals surface area (Å²) in [5.41, 5.74) is 2.80. The van der Waals surface area contributed by atoms with Gasteiger partial charge in [0.15, 0.2) is 0 Å². The Morgan fingerprint density at radius 1 is 1.30 bits per heavy atom. The quantitative estimate of drug-likeness (QED) is 0.904. The number of nitrogens with one attached hydrogen (secondary N) is 1. The molecule has 1 saturated heterocycles. The number of likely N-dealkylation sites (tertiary alicyclic amines) is 1. The van der Waals surface area contributed by atoms with Gasteiger partial charge in [-0.1, -0.05) is 32.0 Å². The molecule has 142 valence electrons. The number of carbonyl (C=O) groups excluding carboxylic acids is 1. The zero-order valence-corrected chi connectivity index (χ0v) is 16.1. The number of carbonyl (C=O) groups is 1. The van der Waals surface area contributed by atoms with Crippen molar-refractivity contribution >= 4 is 5.91 Å². The molecule has 1 amide bonds. The summed E-state index contributed by atoms with van der Waals surface area (Å²) in [6.45, 7) is 7.64. The van der Waals surface area contributed by atoms with Crippen LogP contribution in [0.3, 0.4) is 0 Å². The molecule has 0 saturated carbocycles. The van der Waals surface area contributed by atoms with Crippen molar-refractivity contribution in [3.8, 4) is 5.75 Å². The van der Waals surface area contributed by atoms with Gasteiger partial charge in [-0.05, 0) is 37.6 Å². The minimum absolute atomic E-state index is 0.0331. The first-order chi connectivity index (χ1) is 13.0. The van der Waals surface area contributed by atoms with Crippen molar-refractivity contribution in [2.75, 3.05) is 19.7 Å². The highest BCUT2D eigenvalue weighted by Gasteiger charge is 2.35. The number of pyridine rings is 1. The molecule has 2 aliphatic rings. The molecule has 0 bridgehead atoms. The summed E-state index contributed by atoms with van der Waals surface area (Å²) in [7, 11) is 0. The van der Waals surface area contributed by atoms with Gasteiger partial charge in [0, 0.05) is 36.3 Å². The molecule has 0 spiro atoms. The van der Waals surface area contributed by atoms with Gasteiger partial charge in [-0.2, -0.15) is 0 Å². The molecular weight excluding hydrogens is 338 g/mol. The van der Waals surface area contributed by atoms with Crippen molar-refractivity contribution in [2.45, 2.75) is 44.7 Å². The van der Waals surface area contributed by atoms with Gasteiger partial charge in [-0.3, -0.25) is 14.7 Å². The van der Waals surface area contributed by atoms with Crippen molar-refractivity contribution in [3.05, 3.63) is 59.4 Å². The zero-order valence-electron chi connectivity index (χ0n) is 16.1. The molecule has 1 atom stereocenters. The van der Waals surface area contributed by atoms with E-state index in [1.165, 1.54) is 0 Å². The van der Waals surface area contributed by atoms with E-state index in [-0.39, 0.29) is 17.4 Å². The third kappa shape index (κ3) is 3.83. The second-order valence-electron chi connectivity index (χ2n) is 8.22. The Kier molecular flexibility index (Phi) is 4.87. The van der Waals surface area contributed by atoms with E-state index in [9.17, 15) is 4.79 Å². The first-order valence-electron chi connectivity index (χ1n) is 9.72. The fourth-order valence-electron chi connectivity index (χ4n) is 4.04. The topological polar surface area (TPSA) is 54.5 Å². The summed E-state index contributed by atoms with van der Waals surface area (Å²) in [4.78, 5) is 19.7. The lowest BCUT2D eigenvalue weighted by atomic mass is 9.86. The Bertz CT molecular complexity index is 820. The van der Waals surface area contributed by atoms with Gasteiger partial charge in [0.1, 0.15) is 5.75 Å². The van der Waals surface area contributed by atoms with Crippen LogP contribution in [-0.4, -0.2) is 41.5 Å². The van der Waals surface area contributed by atoms with Crippen LogP contribution in [-0.2, 0) is 12.0 Å². The molecule has 0 unspecified atom stereocenters. The molecule has 2 aromatic rings. The van der Waals surface area contributed by atoms with Crippen molar-refractivity contribution in [3.63, 3.8) is 0 Å². The number of fused-ring (bicyclic) bond motifs is 1. The lowest BCUT2D eigenvalue weighted by molar-refractivity contribution is 0.0897. The maximum atomic E-state index is 12.9. The molecule has 5 heteroatoms. The largest absolute Gasteiger partial charge is 0.492 e. The molecule has 27 heavy (non-hydrogen) atoms. The fraction of sp³-hybridized carbons (Fsp3) is 0.455. The average molecular weight is 365 g/mol. The van der Waals surface area contributed by atoms with Crippen LogP contribution in [0.15, 0.2) is 42.6 Å². The van der Waals surface area contributed by atoms with Gasteiger partial charge in [-0.15, -0.1) is 0 Å². The number of para-hydroxylation sites is 1. The second kappa shape index (κ2) is 7.31. The molecule has 0 radical (unpaired) electrons. The van der Waals surface area contributed by atoms with Gasteiger partial charge in [-0.25, -0.2) is 0 Å². The highest BCUT2D eigenvalue weighted by molar-refractivity contribution is 5.98. The second-order valence-corrected chi connectivity index (χ2v) is 8.22. The summed E-state index contributed by atoms with van der Waals surface area (Å²) in [5.74, 6) is 0.718. The van der Waals surface area contributed by atoms with Crippen LogP contribution >= 0.6 is 0 Å². The molecule has 2 aliphatic heterocycles. The van der Waals surface area contributed by atoms with Gasteiger partial charge in [0.2, 0.25) is 0 Å². The Balaban J connectivity index is 1.42. The van der Waals surface area contributed by atoms with E-state index in [2.05, 4.69) is 41.2 Å². The van der Waals surface area contributed by atoms with E-state index in [1.54, 1.807) is 0 Å². The highest BCUT2D eigenvalue weighted by Crippen LogP contribution is 2.40. The van der Waals surface area contributed by atoms with Crippen molar-refractivity contribution in [1.29, 1.82) is 0 Å². The van der Waals surface area contributed by atoms with E-state index in [1.807, 2.05) is 30.5 Å². The fourth-order valence-corrected chi connectivity index (χ4v) is 4.04. The molecule has 3 heterocycles. The van der Waals surface area contributed by atoms with Crippen molar-refractivity contribution in [1.82, 2.24) is 15.2 Å². The predicted molar refractivity (Wildman–Crippen MR) is 105 cm³/mol. The summed E-state index contributed by atoms with van der Waals surface area (Å²) >= 11 is 0. The zero-order chi connectivity index (χ0) is 18.9. The number of aromatic nitrogens is 1. The maximum Gasteiger partial charge on any atom is 0.255 e. The third-order valence-electron chi connectivity index (χ3n) is 5.52. The van der Waals surface area contributed by atoms with Gasteiger partial charge >= 0.3 is 0 Å². The molecule has 5 nitrogen and oxygen atoms in total. The third-order valence-corrected chi connectivity index (χ3v) is 5.52. The summed E-state index contributed by atoms with van der Waals surface area (Å²) < 4.78 is 5.88. The monoisotopic (exact) mass is 365 g/mol. The Morgan fingerprint density at radius 3 is 3.00 bits per heavy atom. The molecular formula is C22H27N3O2. The number of amides is 1. The van der Waals surface area contributed by atoms with Gasteiger partial charge in [0.25, 0.3) is 5.91 Å². The molecule has 1 N–H and O–H groups in total. The highest BCUT2D eigenvalue weighted by atomic mass is 16.5. The number of nitrogens with zero attached hydrogens (tertiary/aromatic N) is 2. The minimum atomic E-state index is -0.0457. The number of rotatable bonds is 4. The van der Waals surface area contributed by atoms with Crippen LogP contribution in [0.5, 0.6) is 5.75 Å². The first-order valence-corrected chi connectivity index (χ1v) is 9.72. The smallest absolute Gasteiger partial charge is 0.255 e. The van der Waals surface area contributed by atoms with E-state index < -0.39 is 0 Å². The number of piperidine rings is 1. The van der Waals surface area contributed by atoms with Gasteiger partial charge < -0.3 is 10.1 Å². The standard InChI is InChI=1S/C22H27N3O2/c1-22(2)15-27-20-18(9-5-10-19(20)22)21(26)24-17-8-6-12-25(14-17)13-16-7-3-4-11-23-16/h3-5,7,9-11,17H,6,8,12-15H2,1-2H3,(H,24,26)/t17-/m1/s1. The van der Waals surface area contributed by atoms with Gasteiger partial charge in [0.05, 0.1) is 17.9 Å². The van der Waals surface area contributed by atoms with Crippen LogP contribution in [0, 0.1) is 0 Å². The Labute approximate surface area is 160 Å². The molecule has 1 aromatic carbocycles. The lowest BCUT2D eigenvalue weighted by Gasteiger charge is -2.33. The number of hydrogen-bond acceptors (Lipinski definition) is 4. The molecule has 1 aromatic heterocycles. The minimum Gasteiger partial charge on any atom is -0.492 e. The van der Waals surface area contributed by atoms with Crippen LogP contribution in [0.1, 0.15) is 48.3 Å².